The van der Waals surface area contributed by atoms with E-state index in [2.05, 4.69) is 67.2 Å². The zero-order valence-corrected chi connectivity index (χ0v) is 26.8. The molecule has 6 heteroatoms. The topological polar surface area (TPSA) is 46.5 Å². The standard InChI is InChI=1S/C17H18F2OS.C17H34O2/c1-4-14-9-11(2)5-8-17(21-14)15-10-13(19)6-7-16(15)20-12(3)18;1-7-10-17(9-3,16(18)19)12-15(13(4)5)11-14(6)8-2/h6-11H,3-5H2,1-2H3;13-15H,7-12H2,1-6H3,(H,18,19)/t;14?,15?,17-/m.1/s1. The monoisotopic (exact) mass is 578 g/mol. The van der Waals surface area contributed by atoms with Crippen molar-refractivity contribution in [2.24, 2.45) is 29.1 Å². The second-order valence-corrected chi connectivity index (χ2v) is 12.8. The molecule has 3 unspecified atom stereocenters. The summed E-state index contributed by atoms with van der Waals surface area (Å²) in [6.45, 7) is 20.4. The maximum atomic E-state index is 13.6. The highest BCUT2D eigenvalue weighted by Crippen LogP contribution is 2.43. The van der Waals surface area contributed by atoms with Crippen LogP contribution < -0.4 is 4.74 Å². The van der Waals surface area contributed by atoms with Gasteiger partial charge >= 0.3 is 5.97 Å². The number of carboxylic acids is 1. The first-order valence-electron chi connectivity index (χ1n) is 15.0. The van der Waals surface area contributed by atoms with Gasteiger partial charge in [-0.2, -0.15) is 4.39 Å². The van der Waals surface area contributed by atoms with Gasteiger partial charge in [-0.05, 0) is 91.9 Å². The Hall–Kier alpha value is -2.08. The molecule has 40 heavy (non-hydrogen) atoms. The van der Waals surface area contributed by atoms with Crippen molar-refractivity contribution in [1.82, 2.24) is 0 Å². The van der Waals surface area contributed by atoms with Gasteiger partial charge in [0.15, 0.2) is 0 Å². The van der Waals surface area contributed by atoms with Crippen LogP contribution in [-0.2, 0) is 4.79 Å². The molecule has 0 amide bonds. The molecule has 0 aliphatic carbocycles. The minimum Gasteiger partial charge on any atom is -0.481 e. The van der Waals surface area contributed by atoms with Gasteiger partial charge in [-0.25, -0.2) is 4.39 Å². The second kappa shape index (κ2) is 17.7. The fourth-order valence-corrected chi connectivity index (χ4v) is 6.35. The van der Waals surface area contributed by atoms with Crippen LogP contribution >= 0.6 is 11.8 Å². The van der Waals surface area contributed by atoms with Crippen molar-refractivity contribution in [2.45, 2.75) is 107 Å². The normalized spacial score (nSPS) is 18.3. The molecule has 3 nitrogen and oxygen atoms in total. The van der Waals surface area contributed by atoms with Crippen LogP contribution in [0.25, 0.3) is 4.91 Å². The van der Waals surface area contributed by atoms with E-state index in [0.717, 1.165) is 49.9 Å². The fraction of sp³-hybridized carbons (Fsp3) is 0.618. The van der Waals surface area contributed by atoms with Gasteiger partial charge in [0.1, 0.15) is 11.6 Å². The molecule has 0 bridgehead atoms. The highest BCUT2D eigenvalue weighted by molar-refractivity contribution is 8.11. The Morgan fingerprint density at radius 3 is 2.40 bits per heavy atom. The number of carboxylic acid groups (broad SMARTS) is 1. The molecule has 0 radical (unpaired) electrons. The highest BCUT2D eigenvalue weighted by atomic mass is 32.2. The molecule has 0 spiro atoms. The van der Waals surface area contributed by atoms with Gasteiger partial charge in [-0.1, -0.05) is 92.1 Å². The van der Waals surface area contributed by atoms with Gasteiger partial charge in [-0.3, -0.25) is 4.79 Å². The molecule has 1 aliphatic heterocycles. The van der Waals surface area contributed by atoms with Crippen LogP contribution in [0, 0.1) is 34.9 Å². The number of hydrogen-bond acceptors (Lipinski definition) is 3. The number of hydrogen-bond donors (Lipinski definition) is 1. The smallest absolute Gasteiger partial charge is 0.309 e. The lowest BCUT2D eigenvalue weighted by atomic mass is 9.69. The summed E-state index contributed by atoms with van der Waals surface area (Å²) in [6.07, 6.45) is 11.7. The Kier molecular flexibility index (Phi) is 15.9. The zero-order chi connectivity index (χ0) is 30.5. The average Bonchev–Trinajstić information content (AvgIpc) is 3.09. The summed E-state index contributed by atoms with van der Waals surface area (Å²) in [4.78, 5) is 13.9. The lowest BCUT2D eigenvalue weighted by molar-refractivity contribution is -0.151. The summed E-state index contributed by atoms with van der Waals surface area (Å²) in [5.74, 6) is 1.53. The number of aliphatic carboxylic acids is 1. The van der Waals surface area contributed by atoms with E-state index in [9.17, 15) is 18.7 Å². The molecular weight excluding hydrogens is 526 g/mol. The van der Waals surface area contributed by atoms with E-state index in [1.165, 1.54) is 29.5 Å². The third kappa shape index (κ3) is 11.4. The number of benzene rings is 1. The van der Waals surface area contributed by atoms with Crippen molar-refractivity contribution in [2.75, 3.05) is 0 Å². The van der Waals surface area contributed by atoms with Gasteiger partial charge in [0.05, 0.1) is 5.41 Å². The maximum Gasteiger partial charge on any atom is 0.309 e. The summed E-state index contributed by atoms with van der Waals surface area (Å²) < 4.78 is 31.5. The summed E-state index contributed by atoms with van der Waals surface area (Å²) in [5.41, 5.74) is 0.0594. The molecule has 1 heterocycles. The average molecular weight is 579 g/mol. The van der Waals surface area contributed by atoms with E-state index in [4.69, 9.17) is 4.74 Å². The number of carbonyl (C=O) groups is 1. The SMILES string of the molecule is C=C(F)Oc1ccc(F)cc1C1=CCC(C)C=C(CC)S1.CCC[C@](CC)(CC(CC(C)CC)C(C)C)C(=O)O. The predicted octanol–water partition coefficient (Wildman–Crippen LogP) is 11.4. The van der Waals surface area contributed by atoms with Crippen molar-refractivity contribution < 1.29 is 23.4 Å². The molecule has 1 aromatic rings. The first kappa shape index (κ1) is 35.9. The van der Waals surface area contributed by atoms with Crippen molar-refractivity contribution in [1.29, 1.82) is 0 Å². The van der Waals surface area contributed by atoms with Crippen LogP contribution in [0.2, 0.25) is 0 Å². The molecule has 0 fully saturated rings. The Bertz CT molecular complexity index is 1020. The molecule has 0 aromatic heterocycles. The van der Waals surface area contributed by atoms with Crippen molar-refractivity contribution in [3.8, 4) is 5.75 Å². The number of ether oxygens (including phenoxy) is 1. The highest BCUT2D eigenvalue weighted by Gasteiger charge is 2.38. The molecule has 0 saturated carbocycles. The van der Waals surface area contributed by atoms with Crippen LogP contribution in [-0.4, -0.2) is 11.1 Å². The van der Waals surface area contributed by atoms with Crippen LogP contribution in [0.4, 0.5) is 8.78 Å². The van der Waals surface area contributed by atoms with Crippen molar-refractivity contribution >= 4 is 22.6 Å². The Morgan fingerprint density at radius 2 is 1.90 bits per heavy atom. The van der Waals surface area contributed by atoms with Crippen molar-refractivity contribution in [3.63, 3.8) is 0 Å². The quantitative estimate of drug-likeness (QED) is 0.223. The van der Waals surface area contributed by atoms with E-state index in [0.29, 0.717) is 29.2 Å². The number of rotatable bonds is 14. The lowest BCUT2D eigenvalue weighted by Crippen LogP contribution is -2.34. The molecule has 4 atom stereocenters. The molecule has 0 saturated heterocycles. The van der Waals surface area contributed by atoms with E-state index in [-0.39, 0.29) is 11.6 Å². The second-order valence-electron chi connectivity index (χ2n) is 11.6. The van der Waals surface area contributed by atoms with Gasteiger partial charge in [0, 0.05) is 10.5 Å². The third-order valence-corrected chi connectivity index (χ3v) is 9.31. The summed E-state index contributed by atoms with van der Waals surface area (Å²) >= 11 is 1.58. The molecule has 226 valence electrons. The van der Waals surface area contributed by atoms with Crippen LogP contribution in [0.1, 0.15) is 112 Å². The van der Waals surface area contributed by atoms with Gasteiger partial charge in [0.25, 0.3) is 6.01 Å². The van der Waals surface area contributed by atoms with Gasteiger partial charge in [-0.15, -0.1) is 0 Å². The first-order chi connectivity index (χ1) is 18.8. The van der Waals surface area contributed by atoms with Crippen LogP contribution in [0.15, 0.2) is 47.8 Å². The van der Waals surface area contributed by atoms with E-state index in [1.54, 1.807) is 11.8 Å². The fourth-order valence-electron chi connectivity index (χ4n) is 5.18. The Balaban J connectivity index is 0.000000403. The van der Waals surface area contributed by atoms with E-state index >= 15 is 0 Å². The molecule has 1 N–H and O–H groups in total. The molecular formula is C34H52F2O3S. The summed E-state index contributed by atoms with van der Waals surface area (Å²) in [5, 5.41) is 9.68. The number of thioether (sulfide) groups is 1. The minimum atomic E-state index is -0.901. The molecule has 1 aromatic carbocycles. The number of halogens is 2. The minimum absolute atomic E-state index is 0.285. The molecule has 1 aliphatic rings. The lowest BCUT2D eigenvalue weighted by Gasteiger charge is -2.35. The Morgan fingerprint density at radius 1 is 1.23 bits per heavy atom. The van der Waals surface area contributed by atoms with Gasteiger partial charge in [0.2, 0.25) is 0 Å². The maximum absolute atomic E-state index is 13.6. The number of allylic oxidation sites excluding steroid dienone is 3. The van der Waals surface area contributed by atoms with Crippen LogP contribution in [0.3, 0.4) is 0 Å². The van der Waals surface area contributed by atoms with Crippen molar-refractivity contribution in [3.05, 3.63) is 59.2 Å². The van der Waals surface area contributed by atoms with E-state index in [1.807, 2.05) is 6.92 Å². The largest absolute Gasteiger partial charge is 0.481 e. The summed E-state index contributed by atoms with van der Waals surface area (Å²) in [6, 6.07) is 3.16. The summed E-state index contributed by atoms with van der Waals surface area (Å²) in [7, 11) is 0. The molecule has 2 rings (SSSR count). The third-order valence-electron chi connectivity index (χ3n) is 8.02. The predicted molar refractivity (Wildman–Crippen MR) is 167 cm³/mol. The van der Waals surface area contributed by atoms with E-state index < -0.39 is 17.4 Å². The zero-order valence-electron chi connectivity index (χ0n) is 26.0. The van der Waals surface area contributed by atoms with Crippen LogP contribution in [0.5, 0.6) is 5.75 Å². The Labute approximate surface area is 246 Å². The first-order valence-corrected chi connectivity index (χ1v) is 15.8. The van der Waals surface area contributed by atoms with Gasteiger partial charge < -0.3 is 9.84 Å².